The summed E-state index contributed by atoms with van der Waals surface area (Å²) >= 11 is 0. The van der Waals surface area contributed by atoms with Crippen LogP contribution in [0.3, 0.4) is 0 Å². The lowest BCUT2D eigenvalue weighted by Crippen LogP contribution is -2.03. The fourth-order valence-electron chi connectivity index (χ4n) is 0.767. The van der Waals surface area contributed by atoms with Gasteiger partial charge in [0.25, 0.3) is 0 Å². The Morgan fingerprint density at radius 3 is 2.67 bits per heavy atom. The minimum Gasteiger partial charge on any atom is -0.269 e. The van der Waals surface area contributed by atoms with Gasteiger partial charge in [-0.05, 0) is 13.0 Å². The van der Waals surface area contributed by atoms with Crippen LogP contribution in [0.4, 0.5) is 0 Å². The van der Waals surface area contributed by atoms with Crippen molar-refractivity contribution in [1.29, 1.82) is 5.26 Å². The molecule has 0 aliphatic rings. The monoisotopic (exact) mass is 165 g/mol. The molecule has 0 fully saturated rings. The highest BCUT2D eigenvalue weighted by Gasteiger charge is 2.00. The zero-order valence-corrected chi connectivity index (χ0v) is 7.86. The van der Waals surface area contributed by atoms with Crippen molar-refractivity contribution in [3.05, 3.63) is 18.5 Å². The van der Waals surface area contributed by atoms with Crippen LogP contribution in [0.15, 0.2) is 18.5 Å². The van der Waals surface area contributed by atoms with Gasteiger partial charge in [-0.1, -0.05) is 13.8 Å². The molecular weight excluding hydrogens is 150 g/mol. The maximum absolute atomic E-state index is 8.34. The van der Waals surface area contributed by atoms with Crippen LogP contribution in [0.2, 0.25) is 0 Å². The molecule has 1 rings (SSSR count). The highest BCUT2D eigenvalue weighted by Crippen LogP contribution is 2.05. The van der Waals surface area contributed by atoms with Crippen molar-refractivity contribution < 1.29 is 0 Å². The zero-order chi connectivity index (χ0) is 9.40. The molecule has 1 unspecified atom stereocenters. The number of aromatic nitrogens is 2. The summed E-state index contributed by atoms with van der Waals surface area (Å²) in [4.78, 5) is 0. The van der Waals surface area contributed by atoms with Gasteiger partial charge in [0.05, 0.1) is 18.5 Å². The van der Waals surface area contributed by atoms with Crippen molar-refractivity contribution in [2.75, 3.05) is 0 Å². The van der Waals surface area contributed by atoms with E-state index >= 15 is 0 Å². The van der Waals surface area contributed by atoms with E-state index < -0.39 is 0 Å². The Morgan fingerprint density at radius 2 is 2.25 bits per heavy atom. The number of nitrogens with zero attached hydrogens (tertiary/aromatic N) is 3. The molecule has 0 amide bonds. The third-order valence-corrected chi connectivity index (χ3v) is 1.36. The van der Waals surface area contributed by atoms with E-state index in [9.17, 15) is 0 Å². The summed E-state index contributed by atoms with van der Waals surface area (Å²) in [5, 5.41) is 12.3. The third kappa shape index (κ3) is 3.20. The Kier molecular flexibility index (Phi) is 5.72. The summed E-state index contributed by atoms with van der Waals surface area (Å²) in [6.07, 6.45) is 4.09. The lowest BCUT2D eigenvalue weighted by molar-refractivity contribution is 0.500. The van der Waals surface area contributed by atoms with Gasteiger partial charge >= 0.3 is 0 Å². The van der Waals surface area contributed by atoms with Gasteiger partial charge in [0.1, 0.15) is 0 Å². The van der Waals surface area contributed by atoms with E-state index in [4.69, 9.17) is 5.26 Å². The van der Waals surface area contributed by atoms with Gasteiger partial charge in [-0.15, -0.1) is 0 Å². The summed E-state index contributed by atoms with van der Waals surface area (Å²) < 4.78 is 1.78. The van der Waals surface area contributed by atoms with Crippen molar-refractivity contribution in [1.82, 2.24) is 9.78 Å². The van der Waals surface area contributed by atoms with E-state index in [2.05, 4.69) is 11.2 Å². The Labute approximate surface area is 73.6 Å². The van der Waals surface area contributed by atoms with E-state index in [0.717, 1.165) is 0 Å². The molecule has 0 N–H and O–H groups in total. The Bertz CT molecular complexity index is 220. The first-order valence-corrected chi connectivity index (χ1v) is 4.20. The standard InChI is InChI=1S/C7H9N3.C2H6/c1-7(3-4-8)10-6-2-5-9-10;1-2/h2,5-7H,3H2,1H3;1-2H3. The lowest BCUT2D eigenvalue weighted by atomic mass is 10.3. The van der Waals surface area contributed by atoms with Crippen LogP contribution >= 0.6 is 0 Å². The van der Waals surface area contributed by atoms with Crippen LogP contribution in [0.5, 0.6) is 0 Å². The van der Waals surface area contributed by atoms with Crippen LogP contribution in [0.1, 0.15) is 33.2 Å². The Morgan fingerprint density at radius 1 is 1.58 bits per heavy atom. The first-order valence-electron chi connectivity index (χ1n) is 4.20. The molecule has 1 heterocycles. The van der Waals surface area contributed by atoms with Crippen LogP contribution in [0.25, 0.3) is 0 Å². The van der Waals surface area contributed by atoms with Gasteiger partial charge in [-0.25, -0.2) is 0 Å². The number of nitriles is 1. The molecule has 1 aromatic rings. The van der Waals surface area contributed by atoms with Crippen LogP contribution in [-0.4, -0.2) is 9.78 Å². The smallest absolute Gasteiger partial charge is 0.0644 e. The number of hydrogen-bond acceptors (Lipinski definition) is 2. The summed E-state index contributed by atoms with van der Waals surface area (Å²) in [6.45, 7) is 5.97. The van der Waals surface area contributed by atoms with Gasteiger partial charge in [0.2, 0.25) is 0 Å². The average Bonchev–Trinajstić information content (AvgIpc) is 2.60. The average molecular weight is 165 g/mol. The summed E-state index contributed by atoms with van der Waals surface area (Å²) in [7, 11) is 0. The fourth-order valence-corrected chi connectivity index (χ4v) is 0.767. The van der Waals surface area contributed by atoms with Gasteiger partial charge in [-0.2, -0.15) is 10.4 Å². The normalized spacial score (nSPS) is 10.8. The molecule has 0 saturated heterocycles. The minimum absolute atomic E-state index is 0.194. The molecule has 0 spiro atoms. The molecular formula is C9H15N3. The molecule has 0 aliphatic carbocycles. The van der Waals surface area contributed by atoms with Crippen molar-refractivity contribution in [3.8, 4) is 6.07 Å². The molecule has 0 bridgehead atoms. The quantitative estimate of drug-likeness (QED) is 0.675. The first kappa shape index (κ1) is 10.7. The van der Waals surface area contributed by atoms with Crippen LogP contribution in [0, 0.1) is 11.3 Å². The predicted molar refractivity (Wildman–Crippen MR) is 48.5 cm³/mol. The van der Waals surface area contributed by atoms with Crippen molar-refractivity contribution >= 4 is 0 Å². The van der Waals surface area contributed by atoms with E-state index in [1.165, 1.54) is 0 Å². The van der Waals surface area contributed by atoms with Gasteiger partial charge in [-0.3, -0.25) is 4.68 Å². The summed E-state index contributed by atoms with van der Waals surface area (Å²) in [5.41, 5.74) is 0. The van der Waals surface area contributed by atoms with Crippen LogP contribution in [-0.2, 0) is 0 Å². The second-order valence-electron chi connectivity index (χ2n) is 2.20. The SMILES string of the molecule is CC.CC(CC#N)n1cccn1. The molecule has 1 aromatic heterocycles. The van der Waals surface area contributed by atoms with Crippen LogP contribution < -0.4 is 0 Å². The van der Waals surface area contributed by atoms with Gasteiger partial charge in [0, 0.05) is 12.4 Å². The molecule has 1 atom stereocenters. The van der Waals surface area contributed by atoms with Gasteiger partial charge < -0.3 is 0 Å². The van der Waals surface area contributed by atoms with Crippen molar-refractivity contribution in [3.63, 3.8) is 0 Å². The topological polar surface area (TPSA) is 41.6 Å². The number of rotatable bonds is 2. The molecule has 0 aliphatic heterocycles. The summed E-state index contributed by atoms with van der Waals surface area (Å²) in [5.74, 6) is 0. The molecule has 3 heteroatoms. The van der Waals surface area contributed by atoms with E-state index in [0.29, 0.717) is 6.42 Å². The molecule has 12 heavy (non-hydrogen) atoms. The first-order chi connectivity index (χ1) is 5.84. The zero-order valence-electron chi connectivity index (χ0n) is 7.86. The Hall–Kier alpha value is -1.30. The van der Waals surface area contributed by atoms with Crippen molar-refractivity contribution in [2.24, 2.45) is 0 Å². The second-order valence-corrected chi connectivity index (χ2v) is 2.20. The lowest BCUT2D eigenvalue weighted by Gasteiger charge is -2.05. The minimum atomic E-state index is 0.194. The largest absolute Gasteiger partial charge is 0.269 e. The molecule has 0 aromatic carbocycles. The maximum atomic E-state index is 8.34. The highest BCUT2D eigenvalue weighted by atomic mass is 15.3. The van der Waals surface area contributed by atoms with Gasteiger partial charge in [0.15, 0.2) is 0 Å². The second kappa shape index (κ2) is 6.41. The van der Waals surface area contributed by atoms with E-state index in [1.807, 2.05) is 33.0 Å². The highest BCUT2D eigenvalue weighted by molar-refractivity contribution is 4.83. The fraction of sp³-hybridized carbons (Fsp3) is 0.556. The molecule has 3 nitrogen and oxygen atoms in total. The maximum Gasteiger partial charge on any atom is 0.0644 e. The third-order valence-electron chi connectivity index (χ3n) is 1.36. The van der Waals surface area contributed by atoms with Crippen molar-refractivity contribution in [2.45, 2.75) is 33.2 Å². The molecule has 0 radical (unpaired) electrons. The Balaban J connectivity index is 0.000000561. The number of hydrogen-bond donors (Lipinski definition) is 0. The van der Waals surface area contributed by atoms with E-state index in [1.54, 1.807) is 10.9 Å². The predicted octanol–water partition coefficient (Wildman–Crippen LogP) is 2.38. The molecule has 0 saturated carbocycles. The molecule has 66 valence electrons. The summed E-state index contributed by atoms with van der Waals surface area (Å²) in [6, 6.07) is 4.14. The van der Waals surface area contributed by atoms with E-state index in [-0.39, 0.29) is 6.04 Å².